The molecule has 0 atom stereocenters. The van der Waals surface area contributed by atoms with Crippen molar-refractivity contribution < 1.29 is 14.3 Å². The van der Waals surface area contributed by atoms with Gasteiger partial charge in [-0.1, -0.05) is 23.5 Å². The number of nitrogens with one attached hydrogen (secondary N) is 1. The van der Waals surface area contributed by atoms with Crippen LogP contribution in [0.2, 0.25) is 0 Å². The largest absolute Gasteiger partial charge is 0.497 e. The maximum Gasteiger partial charge on any atom is 0.350 e. The van der Waals surface area contributed by atoms with Crippen LogP contribution in [0.3, 0.4) is 0 Å². The number of ether oxygens (including phenoxy) is 2. The summed E-state index contributed by atoms with van der Waals surface area (Å²) in [5.74, 6) is 0.511. The first-order valence-corrected chi connectivity index (χ1v) is 7.38. The molecular weight excluding hydrogens is 288 g/mol. The van der Waals surface area contributed by atoms with Gasteiger partial charge in [0.2, 0.25) is 0 Å². The standard InChI is InChI=1S/C15H18N2O3S/c1-10-13(14(18)20-3)21-15(17-10)16-8-7-11-5-4-6-12(9-11)19-2/h4-6,9H,7-8H2,1-3H3,(H,16,17). The molecule has 0 radical (unpaired) electrons. The van der Waals surface area contributed by atoms with E-state index in [2.05, 4.69) is 16.4 Å². The molecule has 0 bridgehead atoms. The molecule has 0 saturated heterocycles. The summed E-state index contributed by atoms with van der Waals surface area (Å²) >= 11 is 1.31. The molecule has 0 unspecified atom stereocenters. The van der Waals surface area contributed by atoms with Crippen LogP contribution < -0.4 is 10.1 Å². The molecule has 0 aliphatic heterocycles. The van der Waals surface area contributed by atoms with Gasteiger partial charge in [-0.25, -0.2) is 9.78 Å². The van der Waals surface area contributed by atoms with Gasteiger partial charge in [-0.3, -0.25) is 0 Å². The molecule has 5 nitrogen and oxygen atoms in total. The van der Waals surface area contributed by atoms with Crippen molar-refractivity contribution in [2.45, 2.75) is 13.3 Å². The van der Waals surface area contributed by atoms with E-state index in [4.69, 9.17) is 9.47 Å². The van der Waals surface area contributed by atoms with Gasteiger partial charge in [0.25, 0.3) is 0 Å². The molecule has 1 N–H and O–H groups in total. The summed E-state index contributed by atoms with van der Waals surface area (Å²) in [6.45, 7) is 2.54. The zero-order chi connectivity index (χ0) is 15.2. The van der Waals surface area contributed by atoms with Crippen molar-refractivity contribution in [3.63, 3.8) is 0 Å². The lowest BCUT2D eigenvalue weighted by Gasteiger charge is -2.05. The van der Waals surface area contributed by atoms with Gasteiger partial charge < -0.3 is 14.8 Å². The monoisotopic (exact) mass is 306 g/mol. The average Bonchev–Trinajstić information content (AvgIpc) is 2.87. The number of hydrogen-bond donors (Lipinski definition) is 1. The van der Waals surface area contributed by atoms with E-state index in [-0.39, 0.29) is 5.97 Å². The highest BCUT2D eigenvalue weighted by molar-refractivity contribution is 7.17. The molecule has 2 aromatic rings. The molecule has 1 aromatic carbocycles. The number of benzene rings is 1. The smallest absolute Gasteiger partial charge is 0.350 e. The Hall–Kier alpha value is -2.08. The zero-order valence-corrected chi connectivity index (χ0v) is 13.1. The third-order valence-corrected chi connectivity index (χ3v) is 4.09. The van der Waals surface area contributed by atoms with Gasteiger partial charge in [0, 0.05) is 6.54 Å². The first kappa shape index (κ1) is 15.3. The van der Waals surface area contributed by atoms with E-state index in [0.717, 1.165) is 23.8 Å². The summed E-state index contributed by atoms with van der Waals surface area (Å²) in [6.07, 6.45) is 0.851. The molecule has 1 aromatic heterocycles. The predicted molar refractivity (Wildman–Crippen MR) is 83.4 cm³/mol. The van der Waals surface area contributed by atoms with E-state index >= 15 is 0 Å². The molecule has 6 heteroatoms. The minimum absolute atomic E-state index is 0.342. The Morgan fingerprint density at radius 2 is 2.19 bits per heavy atom. The number of hydrogen-bond acceptors (Lipinski definition) is 6. The minimum atomic E-state index is -0.342. The molecule has 2 rings (SSSR count). The molecule has 0 fully saturated rings. The summed E-state index contributed by atoms with van der Waals surface area (Å²) in [6, 6.07) is 7.95. The van der Waals surface area contributed by atoms with Crippen LogP contribution >= 0.6 is 11.3 Å². The highest BCUT2D eigenvalue weighted by atomic mass is 32.1. The quantitative estimate of drug-likeness (QED) is 0.832. The number of anilines is 1. The Kier molecular flexibility index (Phi) is 5.16. The van der Waals surface area contributed by atoms with Crippen LogP contribution in [0, 0.1) is 6.92 Å². The lowest BCUT2D eigenvalue weighted by molar-refractivity contribution is 0.0605. The van der Waals surface area contributed by atoms with Gasteiger partial charge in [-0.05, 0) is 31.0 Å². The highest BCUT2D eigenvalue weighted by Crippen LogP contribution is 2.23. The molecule has 112 valence electrons. The van der Waals surface area contributed by atoms with Crippen molar-refractivity contribution in [1.29, 1.82) is 0 Å². The van der Waals surface area contributed by atoms with E-state index < -0.39 is 0 Å². The second kappa shape index (κ2) is 7.08. The fourth-order valence-corrected chi connectivity index (χ4v) is 2.81. The molecule has 0 spiro atoms. The fourth-order valence-electron chi connectivity index (χ4n) is 1.90. The van der Waals surface area contributed by atoms with Crippen molar-refractivity contribution in [1.82, 2.24) is 4.98 Å². The molecule has 0 saturated carbocycles. The summed E-state index contributed by atoms with van der Waals surface area (Å²) in [7, 11) is 3.03. The molecule has 21 heavy (non-hydrogen) atoms. The topological polar surface area (TPSA) is 60.5 Å². The summed E-state index contributed by atoms with van der Waals surface area (Å²) < 4.78 is 9.91. The first-order chi connectivity index (χ1) is 10.1. The molecule has 1 heterocycles. The molecule has 0 amide bonds. The predicted octanol–water partition coefficient (Wildman–Crippen LogP) is 2.90. The van der Waals surface area contributed by atoms with Crippen molar-refractivity contribution in [3.05, 3.63) is 40.4 Å². The van der Waals surface area contributed by atoms with Gasteiger partial charge >= 0.3 is 5.97 Å². The van der Waals surface area contributed by atoms with Crippen LogP contribution in [0.15, 0.2) is 24.3 Å². The lowest BCUT2D eigenvalue weighted by atomic mass is 10.1. The van der Waals surface area contributed by atoms with Gasteiger partial charge in [-0.15, -0.1) is 0 Å². The van der Waals surface area contributed by atoms with Gasteiger partial charge in [0.15, 0.2) is 5.13 Å². The summed E-state index contributed by atoms with van der Waals surface area (Å²) in [5.41, 5.74) is 1.87. The van der Waals surface area contributed by atoms with Gasteiger partial charge in [0.05, 0.1) is 19.9 Å². The third-order valence-electron chi connectivity index (χ3n) is 2.99. The Bertz CT molecular complexity index is 625. The number of carbonyl (C=O) groups is 1. The lowest BCUT2D eigenvalue weighted by Crippen LogP contribution is -2.04. The Labute approximate surface area is 127 Å². The van der Waals surface area contributed by atoms with Crippen molar-refractivity contribution in [2.24, 2.45) is 0 Å². The van der Waals surface area contributed by atoms with Crippen molar-refractivity contribution in [3.8, 4) is 5.75 Å². The third kappa shape index (κ3) is 3.95. The normalized spacial score (nSPS) is 10.2. The van der Waals surface area contributed by atoms with Crippen molar-refractivity contribution in [2.75, 3.05) is 26.1 Å². The van der Waals surface area contributed by atoms with Crippen LogP contribution in [0.25, 0.3) is 0 Å². The average molecular weight is 306 g/mol. The van der Waals surface area contributed by atoms with E-state index in [1.165, 1.54) is 24.0 Å². The van der Waals surface area contributed by atoms with E-state index in [1.54, 1.807) is 14.0 Å². The van der Waals surface area contributed by atoms with Crippen LogP contribution in [0.1, 0.15) is 20.9 Å². The Balaban J connectivity index is 1.93. The second-order valence-electron chi connectivity index (χ2n) is 4.45. The Morgan fingerprint density at radius 1 is 1.38 bits per heavy atom. The number of esters is 1. The zero-order valence-electron chi connectivity index (χ0n) is 12.3. The number of thiazole rings is 1. The van der Waals surface area contributed by atoms with E-state index in [1.807, 2.05) is 18.2 Å². The number of carbonyl (C=O) groups excluding carboxylic acids is 1. The first-order valence-electron chi connectivity index (χ1n) is 6.56. The fraction of sp³-hybridized carbons (Fsp3) is 0.333. The molecule has 0 aliphatic rings. The van der Waals surface area contributed by atoms with Crippen molar-refractivity contribution >= 4 is 22.4 Å². The Morgan fingerprint density at radius 3 is 2.90 bits per heavy atom. The number of nitrogens with zero attached hydrogens (tertiary/aromatic N) is 1. The van der Waals surface area contributed by atoms with Gasteiger partial charge in [0.1, 0.15) is 10.6 Å². The van der Waals surface area contributed by atoms with Gasteiger partial charge in [-0.2, -0.15) is 0 Å². The SMILES string of the molecule is COC(=O)c1sc(NCCc2cccc(OC)c2)nc1C. The van der Waals surface area contributed by atoms with E-state index in [0.29, 0.717) is 10.6 Å². The molecular formula is C15H18N2O3S. The highest BCUT2D eigenvalue weighted by Gasteiger charge is 2.15. The van der Waals surface area contributed by atoms with Crippen LogP contribution in [0.5, 0.6) is 5.75 Å². The number of aromatic nitrogens is 1. The van der Waals surface area contributed by atoms with E-state index in [9.17, 15) is 4.79 Å². The number of aryl methyl sites for hydroxylation is 1. The summed E-state index contributed by atoms with van der Waals surface area (Å²) in [4.78, 5) is 16.4. The minimum Gasteiger partial charge on any atom is -0.497 e. The number of rotatable bonds is 6. The summed E-state index contributed by atoms with van der Waals surface area (Å²) in [5, 5.41) is 3.96. The van der Waals surface area contributed by atoms with Crippen LogP contribution in [0.4, 0.5) is 5.13 Å². The second-order valence-corrected chi connectivity index (χ2v) is 5.45. The maximum absolute atomic E-state index is 11.5. The number of methoxy groups -OCH3 is 2. The van der Waals surface area contributed by atoms with Crippen LogP contribution in [-0.2, 0) is 11.2 Å². The molecule has 0 aliphatic carbocycles. The maximum atomic E-state index is 11.5. The van der Waals surface area contributed by atoms with Crippen LogP contribution in [-0.4, -0.2) is 31.7 Å².